The number of carbonyl (C=O) groups excluding carboxylic acids is 1. The number of amides is 1. The number of thioether (sulfide) groups is 1. The van der Waals surface area contributed by atoms with E-state index < -0.39 is 4.92 Å². The molecular weight excluding hydrogens is 480 g/mol. The summed E-state index contributed by atoms with van der Waals surface area (Å²) in [6, 6.07) is 11.7. The van der Waals surface area contributed by atoms with Crippen molar-refractivity contribution in [2.45, 2.75) is 23.1 Å². The van der Waals surface area contributed by atoms with Gasteiger partial charge in [-0.25, -0.2) is 9.98 Å². The van der Waals surface area contributed by atoms with E-state index >= 15 is 0 Å². The van der Waals surface area contributed by atoms with Gasteiger partial charge in [0.25, 0.3) is 11.6 Å². The summed E-state index contributed by atoms with van der Waals surface area (Å²) in [5, 5.41) is 13.9. The molecule has 1 amide bonds. The predicted octanol–water partition coefficient (Wildman–Crippen LogP) is 5.79. The number of nitro benzene ring substituents is 1. The minimum Gasteiger partial charge on any atom is -0.492 e. The van der Waals surface area contributed by atoms with Crippen molar-refractivity contribution in [2.24, 2.45) is 4.99 Å². The van der Waals surface area contributed by atoms with Gasteiger partial charge in [-0.2, -0.15) is 0 Å². The minimum atomic E-state index is -0.495. The van der Waals surface area contributed by atoms with Crippen LogP contribution in [-0.2, 0) is 0 Å². The van der Waals surface area contributed by atoms with Crippen molar-refractivity contribution in [1.82, 2.24) is 9.88 Å². The third-order valence-corrected chi connectivity index (χ3v) is 7.69. The lowest BCUT2D eigenvalue weighted by Gasteiger charge is -2.18. The van der Waals surface area contributed by atoms with Crippen molar-refractivity contribution in [2.75, 3.05) is 18.9 Å². The largest absolute Gasteiger partial charge is 0.492 e. The van der Waals surface area contributed by atoms with E-state index in [0.717, 1.165) is 10.0 Å². The van der Waals surface area contributed by atoms with E-state index in [1.165, 1.54) is 47.0 Å². The lowest BCUT2D eigenvalue weighted by Crippen LogP contribution is -2.32. The van der Waals surface area contributed by atoms with E-state index in [0.29, 0.717) is 40.4 Å². The number of ether oxygens (including phenoxy) is 1. The van der Waals surface area contributed by atoms with E-state index in [-0.39, 0.29) is 17.2 Å². The number of nitrogens with zero attached hydrogens (tertiary/aromatic N) is 4. The fraction of sp³-hybridized carbons (Fsp3) is 0.227. The Morgan fingerprint density at radius 2 is 2.15 bits per heavy atom. The molecule has 0 bridgehead atoms. The molecule has 0 N–H and O–H groups in total. The quantitative estimate of drug-likeness (QED) is 0.299. The van der Waals surface area contributed by atoms with Crippen LogP contribution in [0.2, 0.25) is 0 Å². The lowest BCUT2D eigenvalue weighted by molar-refractivity contribution is -0.384. The van der Waals surface area contributed by atoms with Gasteiger partial charge >= 0.3 is 0 Å². The number of non-ortho nitro benzene ring substituents is 1. The average Bonchev–Trinajstić information content (AvgIpc) is 3.43. The predicted molar refractivity (Wildman–Crippen MR) is 132 cm³/mol. The first-order valence-electron chi connectivity index (χ1n) is 10.1. The molecule has 170 valence electrons. The van der Waals surface area contributed by atoms with Crippen molar-refractivity contribution in [3.05, 3.63) is 69.2 Å². The van der Waals surface area contributed by atoms with Crippen molar-refractivity contribution in [3.63, 3.8) is 0 Å². The van der Waals surface area contributed by atoms with Crippen molar-refractivity contribution in [1.29, 1.82) is 0 Å². The number of para-hydroxylation sites is 2. The third-order valence-electron chi connectivity index (χ3n) is 4.60. The SMILES string of the molecule is CCOc1ccccc1N=C1SCCN1C(=O)c1cc([N+](=O)[O-])ccc1Sc1nc(C)cs1. The minimum absolute atomic E-state index is 0.134. The summed E-state index contributed by atoms with van der Waals surface area (Å²) in [7, 11) is 0. The van der Waals surface area contributed by atoms with Gasteiger partial charge in [0.1, 0.15) is 11.4 Å². The molecule has 4 rings (SSSR count). The second kappa shape index (κ2) is 10.4. The number of benzene rings is 2. The molecule has 1 saturated heterocycles. The summed E-state index contributed by atoms with van der Waals surface area (Å²) >= 11 is 4.26. The van der Waals surface area contributed by atoms with E-state index in [4.69, 9.17) is 4.74 Å². The topological polar surface area (TPSA) is 97.9 Å². The van der Waals surface area contributed by atoms with Gasteiger partial charge in [0.2, 0.25) is 0 Å². The van der Waals surface area contributed by atoms with Gasteiger partial charge in [-0.05, 0) is 32.0 Å². The van der Waals surface area contributed by atoms with Crippen LogP contribution in [0, 0.1) is 17.0 Å². The van der Waals surface area contributed by atoms with Crippen LogP contribution in [0.5, 0.6) is 5.75 Å². The average molecular weight is 501 g/mol. The summed E-state index contributed by atoms with van der Waals surface area (Å²) in [5.74, 6) is 0.995. The number of hydrogen-bond acceptors (Lipinski definition) is 9. The van der Waals surface area contributed by atoms with Crippen molar-refractivity contribution < 1.29 is 14.5 Å². The highest BCUT2D eigenvalue weighted by atomic mass is 32.2. The van der Waals surface area contributed by atoms with Gasteiger partial charge < -0.3 is 4.74 Å². The van der Waals surface area contributed by atoms with Crippen LogP contribution < -0.4 is 4.74 Å². The van der Waals surface area contributed by atoms with Crippen LogP contribution in [0.1, 0.15) is 23.0 Å². The number of nitro groups is 1. The third kappa shape index (κ3) is 5.37. The first-order chi connectivity index (χ1) is 16.0. The van der Waals surface area contributed by atoms with Crippen LogP contribution in [0.4, 0.5) is 11.4 Å². The summed E-state index contributed by atoms with van der Waals surface area (Å²) in [5.41, 5.74) is 1.64. The highest BCUT2D eigenvalue weighted by Gasteiger charge is 2.30. The molecule has 0 unspecified atom stereocenters. The zero-order valence-electron chi connectivity index (χ0n) is 17.9. The normalized spacial score (nSPS) is 14.6. The second-order valence-corrected chi connectivity index (χ2v) is 10.1. The molecule has 0 spiro atoms. The molecule has 1 fully saturated rings. The Morgan fingerprint density at radius 1 is 1.33 bits per heavy atom. The Bertz CT molecular complexity index is 1230. The van der Waals surface area contributed by atoms with E-state index in [9.17, 15) is 14.9 Å². The molecule has 3 aromatic rings. The highest BCUT2D eigenvalue weighted by molar-refractivity contribution is 8.14. The molecule has 2 heterocycles. The van der Waals surface area contributed by atoms with E-state index in [2.05, 4.69) is 9.98 Å². The molecule has 1 aromatic heterocycles. The fourth-order valence-electron chi connectivity index (χ4n) is 3.12. The van der Waals surface area contributed by atoms with Crippen LogP contribution in [0.25, 0.3) is 0 Å². The van der Waals surface area contributed by atoms with Gasteiger partial charge in [-0.15, -0.1) is 11.3 Å². The summed E-state index contributed by atoms with van der Waals surface area (Å²) in [6.07, 6.45) is 0. The standard InChI is InChI=1S/C22H20N4O4S3/c1-3-30-18-7-5-4-6-17(18)24-21-25(10-11-31-21)20(27)16-12-15(26(28)29)8-9-19(16)33-22-23-14(2)13-32-22/h4-9,12-13H,3,10-11H2,1-2H3. The molecule has 0 aliphatic carbocycles. The van der Waals surface area contributed by atoms with Crippen LogP contribution >= 0.6 is 34.9 Å². The second-order valence-electron chi connectivity index (χ2n) is 6.89. The number of thiazole rings is 1. The smallest absolute Gasteiger partial charge is 0.270 e. The van der Waals surface area contributed by atoms with Crippen molar-refractivity contribution >= 4 is 57.3 Å². The summed E-state index contributed by atoms with van der Waals surface area (Å²) in [6.45, 7) is 4.76. The number of aromatic nitrogens is 1. The molecule has 8 nitrogen and oxygen atoms in total. The summed E-state index contributed by atoms with van der Waals surface area (Å²) < 4.78 is 6.42. The molecule has 33 heavy (non-hydrogen) atoms. The number of aliphatic imine (C=N–C) groups is 1. The van der Waals surface area contributed by atoms with Gasteiger partial charge in [0.15, 0.2) is 9.51 Å². The molecular formula is C22H20N4O4S3. The highest BCUT2D eigenvalue weighted by Crippen LogP contribution is 2.36. The Morgan fingerprint density at radius 3 is 2.88 bits per heavy atom. The number of aryl methyl sites for hydroxylation is 1. The van der Waals surface area contributed by atoms with Gasteiger partial charge in [0.05, 0.1) is 17.1 Å². The number of rotatable bonds is 7. The van der Waals surface area contributed by atoms with Gasteiger partial charge in [-0.1, -0.05) is 35.7 Å². The molecule has 1 aliphatic heterocycles. The molecule has 2 aromatic carbocycles. The maximum absolute atomic E-state index is 13.6. The maximum Gasteiger partial charge on any atom is 0.270 e. The van der Waals surface area contributed by atoms with Crippen LogP contribution in [-0.4, -0.2) is 44.8 Å². The first-order valence-corrected chi connectivity index (χ1v) is 12.8. The lowest BCUT2D eigenvalue weighted by atomic mass is 10.1. The molecule has 0 atom stereocenters. The Labute approximate surface area is 203 Å². The monoisotopic (exact) mass is 500 g/mol. The van der Waals surface area contributed by atoms with Crippen LogP contribution in [0.15, 0.2) is 62.1 Å². The maximum atomic E-state index is 13.6. The molecule has 1 aliphatic rings. The number of hydrogen-bond donors (Lipinski definition) is 0. The molecule has 0 radical (unpaired) electrons. The fourth-order valence-corrected chi connectivity index (χ4v) is 5.97. The first kappa shape index (κ1) is 23.3. The Kier molecular flexibility index (Phi) is 7.31. The summed E-state index contributed by atoms with van der Waals surface area (Å²) in [4.78, 5) is 35.8. The Hall–Kier alpha value is -2.89. The van der Waals surface area contributed by atoms with Crippen molar-refractivity contribution in [3.8, 4) is 5.75 Å². The van der Waals surface area contributed by atoms with E-state index in [1.807, 2.05) is 43.5 Å². The van der Waals surface area contributed by atoms with Gasteiger partial charge in [-0.3, -0.25) is 19.8 Å². The number of carbonyl (C=O) groups is 1. The van der Waals surface area contributed by atoms with Crippen LogP contribution in [0.3, 0.4) is 0 Å². The molecule has 0 saturated carbocycles. The zero-order chi connectivity index (χ0) is 23.4. The Balaban J connectivity index is 1.70. The van der Waals surface area contributed by atoms with Gasteiger partial charge in [0, 0.05) is 40.4 Å². The zero-order valence-corrected chi connectivity index (χ0v) is 20.3. The number of amidine groups is 1. The molecule has 11 heteroatoms. The van der Waals surface area contributed by atoms with E-state index in [1.54, 1.807) is 11.0 Å².